The lowest BCUT2D eigenvalue weighted by Crippen LogP contribution is -2.49. The van der Waals surface area contributed by atoms with Crippen LogP contribution in [0.2, 0.25) is 0 Å². The van der Waals surface area contributed by atoms with Gasteiger partial charge in [-0.15, -0.1) is 0 Å². The van der Waals surface area contributed by atoms with Gasteiger partial charge in [-0.05, 0) is 6.42 Å². The fraction of sp³-hybridized carbons (Fsp3) is 0.909. The van der Waals surface area contributed by atoms with E-state index in [1.165, 1.54) is 0 Å². The maximum Gasteiger partial charge on any atom is 0.509 e. The third-order valence-electron chi connectivity index (χ3n) is 2.92. The minimum absolute atomic E-state index is 0.117. The molecule has 1 N–H and O–H groups in total. The van der Waals surface area contributed by atoms with E-state index in [2.05, 4.69) is 6.92 Å². The van der Waals surface area contributed by atoms with E-state index in [9.17, 15) is 4.79 Å². The lowest BCUT2D eigenvalue weighted by atomic mass is 10.0. The van der Waals surface area contributed by atoms with Crippen LogP contribution in [-0.2, 0) is 18.9 Å². The molecule has 98 valence electrons. The van der Waals surface area contributed by atoms with Crippen LogP contribution in [-0.4, -0.2) is 49.1 Å². The largest absolute Gasteiger partial charge is 0.509 e. The number of fused-ring (bicyclic) bond motifs is 1. The molecule has 0 spiro atoms. The summed E-state index contributed by atoms with van der Waals surface area (Å²) in [6.07, 6.45) is -0.202. The van der Waals surface area contributed by atoms with Crippen molar-refractivity contribution in [1.29, 1.82) is 0 Å². The SMILES string of the molecule is CCCCOC1O[C@H](CO)C[C@H]2OC(=O)O[C@@H]12. The van der Waals surface area contributed by atoms with Gasteiger partial charge in [0.05, 0.1) is 12.7 Å². The number of aliphatic hydroxyl groups excluding tert-OH is 1. The Morgan fingerprint density at radius 1 is 1.47 bits per heavy atom. The quantitative estimate of drug-likeness (QED) is 0.571. The van der Waals surface area contributed by atoms with Crippen LogP contribution in [0.15, 0.2) is 0 Å². The summed E-state index contributed by atoms with van der Waals surface area (Å²) < 4.78 is 21.1. The van der Waals surface area contributed by atoms with Gasteiger partial charge in [0.15, 0.2) is 18.5 Å². The molecule has 2 aliphatic heterocycles. The summed E-state index contributed by atoms with van der Waals surface area (Å²) in [7, 11) is 0. The zero-order valence-corrected chi connectivity index (χ0v) is 9.83. The van der Waals surface area contributed by atoms with Crippen molar-refractivity contribution in [2.45, 2.75) is 50.8 Å². The molecular weight excluding hydrogens is 228 g/mol. The molecule has 1 unspecified atom stereocenters. The summed E-state index contributed by atoms with van der Waals surface area (Å²) >= 11 is 0. The Morgan fingerprint density at radius 2 is 2.29 bits per heavy atom. The van der Waals surface area contributed by atoms with Gasteiger partial charge in [0.2, 0.25) is 0 Å². The molecular formula is C11H18O6. The molecule has 2 heterocycles. The molecule has 0 aromatic carbocycles. The predicted octanol–water partition coefficient (Wildman–Crippen LogP) is 0.814. The van der Waals surface area contributed by atoms with Gasteiger partial charge in [0.1, 0.15) is 0 Å². The van der Waals surface area contributed by atoms with Crippen molar-refractivity contribution in [3.8, 4) is 0 Å². The van der Waals surface area contributed by atoms with E-state index >= 15 is 0 Å². The fourth-order valence-corrected chi connectivity index (χ4v) is 2.00. The zero-order valence-electron chi connectivity index (χ0n) is 9.83. The van der Waals surface area contributed by atoms with Crippen LogP contribution >= 0.6 is 0 Å². The molecule has 4 atom stereocenters. The molecule has 17 heavy (non-hydrogen) atoms. The van der Waals surface area contributed by atoms with Crippen LogP contribution in [0.1, 0.15) is 26.2 Å². The molecule has 6 heteroatoms. The second-order valence-corrected chi connectivity index (χ2v) is 4.26. The molecule has 0 aromatic rings. The van der Waals surface area contributed by atoms with E-state index in [0.29, 0.717) is 13.0 Å². The van der Waals surface area contributed by atoms with Gasteiger partial charge >= 0.3 is 6.16 Å². The normalized spacial score (nSPS) is 36.2. The van der Waals surface area contributed by atoms with Crippen molar-refractivity contribution in [3.05, 3.63) is 0 Å². The van der Waals surface area contributed by atoms with Gasteiger partial charge in [0.25, 0.3) is 0 Å². The van der Waals surface area contributed by atoms with E-state index < -0.39 is 18.5 Å². The number of unbranched alkanes of at least 4 members (excludes halogenated alkanes) is 1. The average Bonchev–Trinajstić information content (AvgIpc) is 2.69. The minimum atomic E-state index is -0.689. The van der Waals surface area contributed by atoms with E-state index in [-0.39, 0.29) is 18.8 Å². The van der Waals surface area contributed by atoms with Crippen molar-refractivity contribution >= 4 is 6.16 Å². The highest BCUT2D eigenvalue weighted by atomic mass is 16.8. The Balaban J connectivity index is 1.93. The number of rotatable bonds is 5. The topological polar surface area (TPSA) is 74.2 Å². The Morgan fingerprint density at radius 3 is 3.00 bits per heavy atom. The van der Waals surface area contributed by atoms with Crippen molar-refractivity contribution in [2.24, 2.45) is 0 Å². The second-order valence-electron chi connectivity index (χ2n) is 4.26. The summed E-state index contributed by atoms with van der Waals surface area (Å²) in [6.45, 7) is 2.48. The molecule has 2 saturated heterocycles. The average molecular weight is 246 g/mol. The first-order valence-corrected chi connectivity index (χ1v) is 5.99. The van der Waals surface area contributed by atoms with Crippen molar-refractivity contribution in [3.63, 3.8) is 0 Å². The van der Waals surface area contributed by atoms with Gasteiger partial charge in [-0.25, -0.2) is 4.79 Å². The number of carbonyl (C=O) groups excluding carboxylic acids is 1. The maximum atomic E-state index is 11.1. The van der Waals surface area contributed by atoms with Crippen LogP contribution in [0.25, 0.3) is 0 Å². The number of ether oxygens (including phenoxy) is 4. The number of carbonyl (C=O) groups is 1. The number of hydrogen-bond acceptors (Lipinski definition) is 6. The Hall–Kier alpha value is -0.850. The molecule has 0 aliphatic carbocycles. The maximum absolute atomic E-state index is 11.1. The van der Waals surface area contributed by atoms with Crippen LogP contribution in [0.4, 0.5) is 4.79 Å². The molecule has 2 aliphatic rings. The molecule has 0 radical (unpaired) electrons. The van der Waals surface area contributed by atoms with Crippen molar-refractivity contribution in [1.82, 2.24) is 0 Å². The van der Waals surface area contributed by atoms with Crippen LogP contribution < -0.4 is 0 Å². The Bertz CT molecular complexity index is 269. The molecule has 6 nitrogen and oxygen atoms in total. The summed E-state index contributed by atoms with van der Waals surface area (Å²) in [5, 5.41) is 9.10. The Labute approximate surface area is 99.8 Å². The molecule has 2 fully saturated rings. The van der Waals surface area contributed by atoms with Crippen LogP contribution in [0, 0.1) is 0 Å². The summed E-state index contributed by atoms with van der Waals surface area (Å²) in [5.74, 6) is 0. The molecule has 0 amide bonds. The van der Waals surface area contributed by atoms with Crippen molar-refractivity contribution in [2.75, 3.05) is 13.2 Å². The first-order chi connectivity index (χ1) is 8.24. The van der Waals surface area contributed by atoms with E-state index in [4.69, 9.17) is 24.1 Å². The number of aliphatic hydroxyl groups is 1. The van der Waals surface area contributed by atoms with Crippen molar-refractivity contribution < 1.29 is 28.8 Å². The van der Waals surface area contributed by atoms with E-state index in [1.54, 1.807) is 0 Å². The first-order valence-electron chi connectivity index (χ1n) is 5.99. The van der Waals surface area contributed by atoms with Crippen LogP contribution in [0.3, 0.4) is 0 Å². The number of hydrogen-bond donors (Lipinski definition) is 1. The van der Waals surface area contributed by atoms with E-state index in [0.717, 1.165) is 12.8 Å². The highest BCUT2D eigenvalue weighted by Crippen LogP contribution is 2.30. The first kappa shape index (κ1) is 12.6. The second kappa shape index (κ2) is 5.66. The highest BCUT2D eigenvalue weighted by molar-refractivity contribution is 5.62. The van der Waals surface area contributed by atoms with Gasteiger partial charge in [-0.2, -0.15) is 0 Å². The lowest BCUT2D eigenvalue weighted by molar-refractivity contribution is -0.248. The van der Waals surface area contributed by atoms with Gasteiger partial charge in [-0.1, -0.05) is 13.3 Å². The monoisotopic (exact) mass is 246 g/mol. The van der Waals surface area contributed by atoms with Gasteiger partial charge in [0, 0.05) is 13.0 Å². The van der Waals surface area contributed by atoms with E-state index in [1.807, 2.05) is 0 Å². The summed E-state index contributed by atoms with van der Waals surface area (Å²) in [4.78, 5) is 11.1. The summed E-state index contributed by atoms with van der Waals surface area (Å²) in [5.41, 5.74) is 0. The third-order valence-corrected chi connectivity index (χ3v) is 2.92. The Kier molecular flexibility index (Phi) is 4.20. The molecule has 0 bridgehead atoms. The third kappa shape index (κ3) is 2.88. The molecule has 0 aromatic heterocycles. The smallest absolute Gasteiger partial charge is 0.427 e. The standard InChI is InChI=1S/C11H18O6/c1-2-3-4-14-10-9-8(16-11(13)17-9)5-7(6-12)15-10/h7-10,12H,2-6H2,1H3/t7-,8+,9+,10?/m0/s1. The van der Waals surface area contributed by atoms with Gasteiger partial charge in [-0.3, -0.25) is 0 Å². The minimum Gasteiger partial charge on any atom is -0.427 e. The molecule has 0 saturated carbocycles. The van der Waals surface area contributed by atoms with Gasteiger partial charge < -0.3 is 24.1 Å². The fourth-order valence-electron chi connectivity index (χ4n) is 2.00. The zero-order chi connectivity index (χ0) is 12.3. The highest BCUT2D eigenvalue weighted by Gasteiger charge is 2.48. The molecule has 2 rings (SSSR count). The lowest BCUT2D eigenvalue weighted by Gasteiger charge is -2.34. The predicted molar refractivity (Wildman–Crippen MR) is 56.4 cm³/mol. The summed E-state index contributed by atoms with van der Waals surface area (Å²) in [6, 6.07) is 0. The van der Waals surface area contributed by atoms with Crippen LogP contribution in [0.5, 0.6) is 0 Å².